The highest BCUT2D eigenvalue weighted by molar-refractivity contribution is 8.76. The zero-order valence-corrected chi connectivity index (χ0v) is 81.3. The van der Waals surface area contributed by atoms with Crippen LogP contribution in [0.1, 0.15) is 145 Å². The van der Waals surface area contributed by atoms with E-state index >= 15 is 57.5 Å². The molecule has 4 aromatic rings. The molecule has 786 valence electrons. The highest BCUT2D eigenvalue weighted by atomic mass is 33.1. The highest BCUT2D eigenvalue weighted by Gasteiger charge is 2.43. The monoisotopic (exact) mass is 2040 g/mol. The van der Waals surface area contributed by atoms with Crippen LogP contribution < -0.4 is 147 Å². The number of urea groups is 1. The summed E-state index contributed by atoms with van der Waals surface area (Å²) in [5.74, 6) is -18.4. The van der Waals surface area contributed by atoms with E-state index in [9.17, 15) is 29.7 Å². The number of phenols is 2. The van der Waals surface area contributed by atoms with E-state index < -0.39 is 222 Å². The minimum atomic E-state index is -1.91. The number of aromatic hydroxyl groups is 2. The number of rotatable bonds is 47. The van der Waals surface area contributed by atoms with E-state index in [1.807, 2.05) is 6.07 Å². The van der Waals surface area contributed by atoms with E-state index in [1.165, 1.54) is 53.4 Å². The average molecular weight is 2040 g/mol. The number of phenolic OH excluding ortho intramolecular Hbond substituents is 2. The molecule has 143 heavy (non-hydrogen) atoms. The van der Waals surface area contributed by atoms with Crippen molar-refractivity contribution in [3.8, 4) is 11.5 Å². The molecule has 51 nitrogen and oxygen atoms in total. The minimum absolute atomic E-state index is 0.0122. The first-order valence-corrected chi connectivity index (χ1v) is 49.8. The number of carboxylic acids is 1. The van der Waals surface area contributed by atoms with Gasteiger partial charge in [0.25, 0.3) is 0 Å². The number of nitrogens with one attached hydrogen (secondary N) is 23. The van der Waals surface area contributed by atoms with Crippen LogP contribution in [0.2, 0.25) is 0 Å². The van der Waals surface area contributed by atoms with Gasteiger partial charge in [0, 0.05) is 76.6 Å². The first kappa shape index (κ1) is 117. The molecule has 4 aromatic carbocycles. The molecule has 0 aliphatic carbocycles. The zero-order valence-electron chi connectivity index (χ0n) is 79.7. The fraction of sp³-hybridized carbons (Fsp3) is 0.533. The Morgan fingerprint density at radius 3 is 1.29 bits per heavy atom. The predicted molar refractivity (Wildman–Crippen MR) is 538 cm³/mol. The number of aliphatic carboxylic acids is 1. The fourth-order valence-corrected chi connectivity index (χ4v) is 17.8. The van der Waals surface area contributed by atoms with Gasteiger partial charge in [-0.2, -0.15) is 0 Å². The number of fused-ring (bicyclic) bond motifs is 2. The van der Waals surface area contributed by atoms with Crippen molar-refractivity contribution in [1.29, 1.82) is 27.0 Å². The molecule has 0 radical (unpaired) electrons. The van der Waals surface area contributed by atoms with Gasteiger partial charge in [-0.3, -0.25) is 89.4 Å². The SMILES string of the molecule is N=C(N)NCCC[C@H](NC(=O)[C@@H]1CSSC[C@H](NC(=O)[C@H](Cc2ccc3ccccc3c2)NC(=O)[C@H](CCCNC(=N)N)NC(=O)[C@@H](N)CCCNC(=N)N)C(=O)N[C@@H](Cc2ccc(O)cc2)C(=O)N[C@@H](CCCNC(=N)N)C(=O)N[C@@H](CCCCN)C(=O)N[C@H](CCCCN)C(=O)N2CCCC2C(=O)N[C@@H](Cc2ccc(O)cc2)C(=O)N[C@@H](CCCNC(=N)N)C(=O)N[C@@H](CCCNC(N)=O)C(=O)N1)C(=O)O. The molecular weight excluding hydrogens is 1900 g/mol. The third-order valence-corrected chi connectivity index (χ3v) is 25.5. The molecule has 44 N–H and O–H groups in total. The Balaban J connectivity index is 1.61. The lowest BCUT2D eigenvalue weighted by Gasteiger charge is -2.31. The van der Waals surface area contributed by atoms with E-state index in [1.54, 1.807) is 36.4 Å². The number of hydrogen-bond donors (Lipinski definition) is 35. The molecular formula is C90H141N33O18S2. The molecule has 15 amide bonds. The predicted octanol–water partition coefficient (Wildman–Crippen LogP) is -6.08. The van der Waals surface area contributed by atoms with Crippen LogP contribution in [-0.2, 0) is 86.4 Å². The molecule has 0 bridgehead atoms. The maximum atomic E-state index is 16.0. The van der Waals surface area contributed by atoms with E-state index in [0.29, 0.717) is 29.4 Å². The van der Waals surface area contributed by atoms with Crippen molar-refractivity contribution >= 4 is 151 Å². The Hall–Kier alpha value is -14.5. The number of primary amides is 1. The number of nitrogens with zero attached hydrogens (tertiary/aromatic N) is 1. The second-order valence-corrected chi connectivity index (χ2v) is 37.0. The summed E-state index contributed by atoms with van der Waals surface area (Å²) in [4.78, 5) is 226. The number of carbonyl (C=O) groups excluding carboxylic acids is 14. The molecule has 53 heteroatoms. The van der Waals surface area contributed by atoms with Gasteiger partial charge in [0.05, 0.1) is 6.04 Å². The standard InChI is InChI=1S/C90H141N33O18S2/c91-35-5-3-17-58-74(129)116-63(18-4-6-36-92)83(138)123-43-13-24-70(123)82(137)120-66(46-51-28-33-56(125)34-29-51)78(133)115-61(21-10-40-108-88(100)101)73(128)113-62(22-11-42-110-90(104)141)76(131)121-68(80(135)117-64(84(139)140)23-12-41-109-89(102)103)48-142-143-49-69(81(136)119-65(45-50-26-31-55(124)32-27-50)77(132)114-60(72(127)112-58)20-9-39-107-87(98)99)122-79(134)67(47-52-25-30-53-14-1-2-15-54(53)44-52)118-75(130)59(19-8-38-106-86(96)97)111-71(126)57(93)16-7-37-105-85(94)95/h1-2,14-15,25-34,44,57-70,124-125H,3-13,16-24,35-43,45-49,91-93H2,(H,111,126)(H,112,127)(H,113,128)(H,114,132)(H,115,133)(H,116,129)(H,117,135)(H,118,130)(H,119,136)(H,120,137)(H,121,131)(H,122,134)(H,139,140)(H4,94,95,105)(H4,96,97,106)(H4,98,99,107)(H4,100,101,108)(H4,102,103,109)(H3,104,110,141)/t57-,58-,59-,60-,61-,62-,63+,64-,65-,66-,67-,68-,69-,70?/m0/s1. The number of benzene rings is 4. The number of guanidine groups is 5. The summed E-state index contributed by atoms with van der Waals surface area (Å²) < 4.78 is 0. The van der Waals surface area contributed by atoms with E-state index in [4.69, 9.17) is 78.6 Å². The Morgan fingerprint density at radius 2 is 0.811 bits per heavy atom. The Kier molecular flexibility index (Phi) is 51.4. The van der Waals surface area contributed by atoms with Gasteiger partial charge < -0.3 is 168 Å². The Labute approximate surface area is 835 Å². The lowest BCUT2D eigenvalue weighted by Crippen LogP contribution is -2.61. The van der Waals surface area contributed by atoms with Crippen LogP contribution in [0.15, 0.2) is 91.0 Å². The van der Waals surface area contributed by atoms with Crippen molar-refractivity contribution in [2.75, 3.05) is 70.4 Å². The van der Waals surface area contributed by atoms with Gasteiger partial charge >= 0.3 is 12.0 Å². The van der Waals surface area contributed by atoms with Crippen molar-refractivity contribution < 1.29 is 87.2 Å². The Morgan fingerprint density at radius 1 is 0.413 bits per heavy atom. The Bertz CT molecular complexity index is 4980. The van der Waals surface area contributed by atoms with Crippen LogP contribution >= 0.6 is 21.6 Å². The maximum Gasteiger partial charge on any atom is 0.326 e. The van der Waals surface area contributed by atoms with Gasteiger partial charge in [-0.25, -0.2) is 9.59 Å². The van der Waals surface area contributed by atoms with Crippen molar-refractivity contribution in [3.63, 3.8) is 0 Å². The van der Waals surface area contributed by atoms with Gasteiger partial charge in [-0.15, -0.1) is 0 Å². The van der Waals surface area contributed by atoms with Crippen LogP contribution in [-0.4, -0.2) is 294 Å². The summed E-state index contributed by atoms with van der Waals surface area (Å²) in [6, 6.07) is -0.487. The largest absolute Gasteiger partial charge is 0.508 e. The van der Waals surface area contributed by atoms with Gasteiger partial charge in [0.15, 0.2) is 29.8 Å². The summed E-state index contributed by atoms with van der Waals surface area (Å²) in [6.07, 6.45) is -1.39. The summed E-state index contributed by atoms with van der Waals surface area (Å²) in [6.45, 7) is -0.0419. The molecule has 6 rings (SSSR count). The molecule has 1 unspecified atom stereocenters. The smallest absolute Gasteiger partial charge is 0.326 e. The van der Waals surface area contributed by atoms with Crippen LogP contribution in [0.5, 0.6) is 11.5 Å². The normalized spacial score (nSPS) is 20.2. The third-order valence-electron chi connectivity index (χ3n) is 23.1. The number of hydrogen-bond acceptors (Lipinski definition) is 27. The molecule has 0 spiro atoms. The van der Waals surface area contributed by atoms with Gasteiger partial charge in [-0.1, -0.05) is 88.3 Å². The fourth-order valence-electron chi connectivity index (χ4n) is 15.5. The lowest BCUT2D eigenvalue weighted by molar-refractivity contribution is -0.142. The number of carboxylic acid groups (broad SMARTS) is 1. The quantitative estimate of drug-likeness (QED) is 0.00847. The van der Waals surface area contributed by atoms with Gasteiger partial charge in [-0.05, 0) is 193 Å². The molecule has 0 aromatic heterocycles. The molecule has 2 fully saturated rings. The molecule has 2 saturated heterocycles. The van der Waals surface area contributed by atoms with Crippen molar-refractivity contribution in [3.05, 3.63) is 108 Å². The number of amides is 15. The number of carbonyl (C=O) groups is 15. The molecule has 2 heterocycles. The molecule has 2 aliphatic heterocycles. The minimum Gasteiger partial charge on any atom is -0.508 e. The average Bonchev–Trinajstić information content (AvgIpc) is 1.48. The van der Waals surface area contributed by atoms with Crippen molar-refractivity contribution in [1.82, 2.24) is 101 Å². The second kappa shape index (κ2) is 62.6. The third kappa shape index (κ3) is 43.7. The second-order valence-electron chi connectivity index (χ2n) is 34.5. The molecule has 2 aliphatic rings. The van der Waals surface area contributed by atoms with Crippen molar-refractivity contribution in [2.24, 2.45) is 51.6 Å². The van der Waals surface area contributed by atoms with E-state index in [2.05, 4.69) is 95.7 Å². The van der Waals surface area contributed by atoms with Gasteiger partial charge in [0.1, 0.15) is 90.0 Å². The summed E-state index contributed by atoms with van der Waals surface area (Å²) in [5, 5.41) is 120. The molecule has 0 saturated carbocycles. The zero-order chi connectivity index (χ0) is 105. The lowest BCUT2D eigenvalue weighted by atomic mass is 10.00. The maximum absolute atomic E-state index is 16.0. The first-order valence-electron chi connectivity index (χ1n) is 47.3. The van der Waals surface area contributed by atoms with Crippen LogP contribution in [0.4, 0.5) is 4.79 Å². The first-order chi connectivity index (χ1) is 68.2. The number of nitrogens with two attached hydrogens (primary N) is 9. The summed E-state index contributed by atoms with van der Waals surface area (Å²) in [5.41, 5.74) is 52.8. The summed E-state index contributed by atoms with van der Waals surface area (Å²) in [7, 11) is 1.47. The highest BCUT2D eigenvalue weighted by Crippen LogP contribution is 2.27. The topological polar surface area (TPSA) is 890 Å². The van der Waals surface area contributed by atoms with Crippen molar-refractivity contribution in [2.45, 2.75) is 232 Å². The van der Waals surface area contributed by atoms with E-state index in [0.717, 1.165) is 27.0 Å². The molecule has 14 atom stereocenters. The van der Waals surface area contributed by atoms with Gasteiger partial charge in [0.2, 0.25) is 76.8 Å². The van der Waals surface area contributed by atoms with Crippen LogP contribution in [0.3, 0.4) is 0 Å². The van der Waals surface area contributed by atoms with Crippen LogP contribution in [0, 0.1) is 27.0 Å². The van der Waals surface area contributed by atoms with Crippen LogP contribution in [0.25, 0.3) is 10.8 Å². The number of unbranched alkanes of at least 4 members (excludes halogenated alkanes) is 2. The van der Waals surface area contributed by atoms with E-state index in [-0.39, 0.29) is 204 Å². The summed E-state index contributed by atoms with van der Waals surface area (Å²) >= 11 is 0.